The highest BCUT2D eigenvalue weighted by atomic mass is 16.5. The van der Waals surface area contributed by atoms with E-state index >= 15 is 0 Å². The van der Waals surface area contributed by atoms with Gasteiger partial charge in [-0.15, -0.1) is 0 Å². The molecule has 110 valence electrons. The molecule has 6 heteroatoms. The molecule has 1 aliphatic heterocycles. The van der Waals surface area contributed by atoms with E-state index in [1.165, 1.54) is 0 Å². The van der Waals surface area contributed by atoms with Crippen molar-refractivity contribution < 1.29 is 14.3 Å². The van der Waals surface area contributed by atoms with Crippen molar-refractivity contribution in [3.63, 3.8) is 0 Å². The van der Waals surface area contributed by atoms with Crippen LogP contribution in [0.2, 0.25) is 0 Å². The number of hydrogen-bond donors (Lipinski definition) is 3. The fraction of sp³-hybridized carbons (Fsp3) is 0.846. The summed E-state index contributed by atoms with van der Waals surface area (Å²) in [5.74, 6) is -0.310. The molecule has 0 unspecified atom stereocenters. The molecular weight excluding hydrogens is 246 g/mol. The zero-order chi connectivity index (χ0) is 14.1. The van der Waals surface area contributed by atoms with Gasteiger partial charge in [-0.3, -0.25) is 9.59 Å². The van der Waals surface area contributed by atoms with Crippen LogP contribution in [0.1, 0.15) is 33.1 Å². The third kappa shape index (κ3) is 7.79. The van der Waals surface area contributed by atoms with Crippen molar-refractivity contribution in [1.29, 1.82) is 0 Å². The Morgan fingerprint density at radius 3 is 2.58 bits per heavy atom. The summed E-state index contributed by atoms with van der Waals surface area (Å²) in [7, 11) is 0. The van der Waals surface area contributed by atoms with Crippen LogP contribution in [-0.2, 0) is 14.3 Å². The van der Waals surface area contributed by atoms with Gasteiger partial charge in [0.25, 0.3) is 0 Å². The molecule has 1 saturated heterocycles. The molecule has 1 fully saturated rings. The molecule has 0 radical (unpaired) electrons. The first-order valence-corrected chi connectivity index (χ1v) is 6.96. The first kappa shape index (κ1) is 15.9. The molecule has 1 aliphatic rings. The molecule has 0 aromatic heterocycles. The highest BCUT2D eigenvalue weighted by Crippen LogP contribution is 2.07. The second-order valence-electron chi connectivity index (χ2n) is 5.07. The monoisotopic (exact) mass is 271 g/mol. The summed E-state index contributed by atoms with van der Waals surface area (Å²) in [5, 5.41) is 8.55. The second kappa shape index (κ2) is 8.87. The number of carbonyl (C=O) groups is 2. The van der Waals surface area contributed by atoms with Crippen molar-refractivity contribution in [1.82, 2.24) is 16.0 Å². The van der Waals surface area contributed by atoms with Crippen molar-refractivity contribution in [3.05, 3.63) is 0 Å². The SMILES string of the molecule is CC(C)NC(=O)CNC(=O)CCOC1CCNCC1. The molecule has 0 spiro atoms. The van der Waals surface area contributed by atoms with Gasteiger partial charge in [0.15, 0.2) is 0 Å². The maximum Gasteiger partial charge on any atom is 0.239 e. The van der Waals surface area contributed by atoms with Crippen LogP contribution < -0.4 is 16.0 Å². The minimum absolute atomic E-state index is 0.0321. The first-order valence-electron chi connectivity index (χ1n) is 6.96. The van der Waals surface area contributed by atoms with E-state index in [0.717, 1.165) is 25.9 Å². The Balaban J connectivity index is 2.02. The molecule has 0 saturated carbocycles. The summed E-state index contributed by atoms with van der Waals surface area (Å²) in [4.78, 5) is 22.8. The van der Waals surface area contributed by atoms with Crippen LogP contribution in [0.4, 0.5) is 0 Å². The van der Waals surface area contributed by atoms with Crippen molar-refractivity contribution in [3.8, 4) is 0 Å². The summed E-state index contributed by atoms with van der Waals surface area (Å²) >= 11 is 0. The quantitative estimate of drug-likeness (QED) is 0.598. The number of rotatable bonds is 7. The zero-order valence-corrected chi connectivity index (χ0v) is 11.8. The Morgan fingerprint density at radius 1 is 1.26 bits per heavy atom. The summed E-state index contributed by atoms with van der Waals surface area (Å²) in [5.41, 5.74) is 0. The average Bonchev–Trinajstić information content (AvgIpc) is 2.37. The molecule has 1 rings (SSSR count). The van der Waals surface area contributed by atoms with E-state index in [2.05, 4.69) is 16.0 Å². The summed E-state index contributed by atoms with van der Waals surface area (Å²) in [6.45, 7) is 6.17. The Kier molecular flexibility index (Phi) is 7.43. The summed E-state index contributed by atoms with van der Waals surface area (Å²) < 4.78 is 5.62. The lowest BCUT2D eigenvalue weighted by Gasteiger charge is -2.22. The van der Waals surface area contributed by atoms with Crippen LogP contribution in [0.5, 0.6) is 0 Å². The predicted octanol–water partition coefficient (Wildman–Crippen LogP) is -0.214. The average molecular weight is 271 g/mol. The van der Waals surface area contributed by atoms with E-state index in [1.54, 1.807) is 0 Å². The van der Waals surface area contributed by atoms with Gasteiger partial charge in [0.1, 0.15) is 0 Å². The minimum Gasteiger partial charge on any atom is -0.378 e. The molecule has 19 heavy (non-hydrogen) atoms. The fourth-order valence-corrected chi connectivity index (χ4v) is 1.92. The van der Waals surface area contributed by atoms with Gasteiger partial charge in [-0.1, -0.05) is 0 Å². The van der Waals surface area contributed by atoms with E-state index in [9.17, 15) is 9.59 Å². The van der Waals surface area contributed by atoms with Gasteiger partial charge in [0, 0.05) is 12.5 Å². The lowest BCUT2D eigenvalue weighted by molar-refractivity contribution is -0.127. The third-order valence-electron chi connectivity index (χ3n) is 2.86. The van der Waals surface area contributed by atoms with Crippen molar-refractivity contribution in [2.75, 3.05) is 26.2 Å². The Labute approximate surface area is 114 Å². The largest absolute Gasteiger partial charge is 0.378 e. The molecule has 0 aromatic carbocycles. The second-order valence-corrected chi connectivity index (χ2v) is 5.07. The highest BCUT2D eigenvalue weighted by molar-refractivity contribution is 5.84. The fourth-order valence-electron chi connectivity index (χ4n) is 1.92. The molecular formula is C13H25N3O3. The number of ether oxygens (including phenoxy) is 1. The van der Waals surface area contributed by atoms with Gasteiger partial charge in [-0.05, 0) is 39.8 Å². The molecule has 6 nitrogen and oxygen atoms in total. The standard InChI is InChI=1S/C13H25N3O3/c1-10(2)16-13(18)9-15-12(17)5-8-19-11-3-6-14-7-4-11/h10-11,14H,3-9H2,1-2H3,(H,15,17)(H,16,18). The van der Waals surface area contributed by atoms with Gasteiger partial charge in [0.05, 0.1) is 19.3 Å². The van der Waals surface area contributed by atoms with Crippen LogP contribution >= 0.6 is 0 Å². The van der Waals surface area contributed by atoms with E-state index in [4.69, 9.17) is 4.74 Å². The molecule has 0 aromatic rings. The highest BCUT2D eigenvalue weighted by Gasteiger charge is 2.13. The smallest absolute Gasteiger partial charge is 0.239 e. The van der Waals surface area contributed by atoms with Crippen LogP contribution in [0.15, 0.2) is 0 Å². The van der Waals surface area contributed by atoms with Gasteiger partial charge < -0.3 is 20.7 Å². The van der Waals surface area contributed by atoms with Crippen molar-refractivity contribution in [2.45, 2.75) is 45.3 Å². The lowest BCUT2D eigenvalue weighted by Crippen LogP contribution is -2.40. The number of piperidine rings is 1. The topological polar surface area (TPSA) is 79.5 Å². The van der Waals surface area contributed by atoms with E-state index in [1.807, 2.05) is 13.8 Å². The Hall–Kier alpha value is -1.14. The molecule has 0 bridgehead atoms. The zero-order valence-electron chi connectivity index (χ0n) is 11.8. The van der Waals surface area contributed by atoms with Gasteiger partial charge in [-0.2, -0.15) is 0 Å². The van der Waals surface area contributed by atoms with E-state index in [-0.39, 0.29) is 30.5 Å². The normalized spacial score (nSPS) is 16.4. The Morgan fingerprint density at radius 2 is 1.95 bits per heavy atom. The summed E-state index contributed by atoms with van der Waals surface area (Å²) in [6, 6.07) is 0.0904. The molecule has 0 aliphatic carbocycles. The number of carbonyl (C=O) groups excluding carboxylic acids is 2. The van der Waals surface area contributed by atoms with Gasteiger partial charge in [0.2, 0.25) is 11.8 Å². The van der Waals surface area contributed by atoms with E-state index in [0.29, 0.717) is 13.0 Å². The maximum absolute atomic E-state index is 11.5. The number of nitrogens with one attached hydrogen (secondary N) is 3. The molecule has 2 amide bonds. The van der Waals surface area contributed by atoms with Gasteiger partial charge in [-0.25, -0.2) is 0 Å². The van der Waals surface area contributed by atoms with Crippen molar-refractivity contribution >= 4 is 11.8 Å². The van der Waals surface area contributed by atoms with Crippen LogP contribution in [-0.4, -0.2) is 50.2 Å². The van der Waals surface area contributed by atoms with Crippen molar-refractivity contribution in [2.24, 2.45) is 0 Å². The van der Waals surface area contributed by atoms with Gasteiger partial charge >= 0.3 is 0 Å². The minimum atomic E-state index is -0.164. The predicted molar refractivity (Wildman–Crippen MR) is 72.7 cm³/mol. The van der Waals surface area contributed by atoms with Crippen LogP contribution in [0.25, 0.3) is 0 Å². The first-order chi connectivity index (χ1) is 9.08. The maximum atomic E-state index is 11.5. The molecule has 1 heterocycles. The third-order valence-corrected chi connectivity index (χ3v) is 2.86. The number of amides is 2. The van der Waals surface area contributed by atoms with Crippen LogP contribution in [0.3, 0.4) is 0 Å². The lowest BCUT2D eigenvalue weighted by atomic mass is 10.1. The Bertz CT molecular complexity index is 289. The number of hydrogen-bond acceptors (Lipinski definition) is 4. The molecule has 0 atom stereocenters. The van der Waals surface area contributed by atoms with Crippen LogP contribution in [0, 0.1) is 0 Å². The molecule has 3 N–H and O–H groups in total. The summed E-state index contributed by atoms with van der Waals surface area (Å²) in [6.07, 6.45) is 2.56. The van der Waals surface area contributed by atoms with E-state index < -0.39 is 0 Å².